The first-order valence-electron chi connectivity index (χ1n) is 6.44. The van der Waals surface area contributed by atoms with E-state index in [-0.39, 0.29) is 0 Å². The first-order valence-corrected chi connectivity index (χ1v) is 7.60. The Labute approximate surface area is 119 Å². The molecule has 1 unspecified atom stereocenters. The smallest absolute Gasteiger partial charge is 0.323 e. The summed E-state index contributed by atoms with van der Waals surface area (Å²) in [4.78, 5) is 11.1. The van der Waals surface area contributed by atoms with Crippen LogP contribution in [0, 0.1) is 13.8 Å². The molecule has 1 aromatic carbocycles. The number of nitrogens with one attached hydrogen (secondary N) is 1. The minimum Gasteiger partial charge on any atom is -0.480 e. The van der Waals surface area contributed by atoms with Crippen LogP contribution < -0.4 is 5.32 Å². The molecule has 0 aliphatic carbocycles. The van der Waals surface area contributed by atoms with Gasteiger partial charge in [-0.3, -0.25) is 4.79 Å². The lowest BCUT2D eigenvalue weighted by Crippen LogP contribution is -2.47. The van der Waals surface area contributed by atoms with Crippen LogP contribution in [0.4, 0.5) is 0 Å². The molecule has 0 heterocycles. The third-order valence-electron chi connectivity index (χ3n) is 3.32. The van der Waals surface area contributed by atoms with Gasteiger partial charge in [0.2, 0.25) is 0 Å². The van der Waals surface area contributed by atoms with Crippen LogP contribution in [-0.2, 0) is 10.5 Å². The number of thioether (sulfide) groups is 1. The molecule has 0 aliphatic rings. The summed E-state index contributed by atoms with van der Waals surface area (Å²) in [6.45, 7) is 5.93. The van der Waals surface area contributed by atoms with Gasteiger partial charge in [0.05, 0.1) is 0 Å². The number of hydrogen-bond acceptors (Lipinski definition) is 3. The van der Waals surface area contributed by atoms with Gasteiger partial charge in [0.15, 0.2) is 0 Å². The third kappa shape index (κ3) is 4.88. The Morgan fingerprint density at radius 1 is 1.32 bits per heavy atom. The van der Waals surface area contributed by atoms with Crippen LogP contribution in [0.3, 0.4) is 0 Å². The van der Waals surface area contributed by atoms with Crippen molar-refractivity contribution >= 4 is 17.7 Å². The van der Waals surface area contributed by atoms with Gasteiger partial charge in [0, 0.05) is 5.75 Å². The van der Waals surface area contributed by atoms with Crippen LogP contribution in [0.15, 0.2) is 18.2 Å². The molecule has 4 heteroatoms. The predicted molar refractivity (Wildman–Crippen MR) is 81.8 cm³/mol. The van der Waals surface area contributed by atoms with E-state index in [2.05, 4.69) is 37.4 Å². The second kappa shape index (κ2) is 6.96. The molecule has 1 aromatic rings. The van der Waals surface area contributed by atoms with Crippen LogP contribution in [0.2, 0.25) is 0 Å². The Bertz CT molecular complexity index is 428. The Hall–Kier alpha value is -1.00. The van der Waals surface area contributed by atoms with Gasteiger partial charge in [-0.2, -0.15) is 11.8 Å². The molecule has 0 saturated heterocycles. The number of aryl methyl sites for hydroxylation is 2. The fourth-order valence-corrected chi connectivity index (χ4v) is 3.06. The highest BCUT2D eigenvalue weighted by atomic mass is 32.2. The summed E-state index contributed by atoms with van der Waals surface area (Å²) in [6, 6.07) is 6.54. The molecule has 0 amide bonds. The van der Waals surface area contributed by atoms with Crippen molar-refractivity contribution in [1.29, 1.82) is 0 Å². The van der Waals surface area contributed by atoms with Crippen LogP contribution >= 0.6 is 11.8 Å². The molecule has 0 saturated carbocycles. The second-order valence-electron chi connectivity index (χ2n) is 5.19. The van der Waals surface area contributed by atoms with Crippen LogP contribution in [-0.4, -0.2) is 29.4 Å². The van der Waals surface area contributed by atoms with Crippen LogP contribution in [0.25, 0.3) is 0 Å². The van der Waals surface area contributed by atoms with E-state index < -0.39 is 11.5 Å². The van der Waals surface area contributed by atoms with Gasteiger partial charge < -0.3 is 10.4 Å². The van der Waals surface area contributed by atoms with Gasteiger partial charge in [-0.05, 0) is 45.6 Å². The maximum Gasteiger partial charge on any atom is 0.323 e. The van der Waals surface area contributed by atoms with Crippen molar-refractivity contribution in [3.63, 3.8) is 0 Å². The largest absolute Gasteiger partial charge is 0.480 e. The molecule has 0 aliphatic heterocycles. The Kier molecular flexibility index (Phi) is 5.88. The summed E-state index contributed by atoms with van der Waals surface area (Å²) in [7, 11) is 1.70. The molecule has 0 radical (unpaired) electrons. The number of carboxylic acids is 1. The van der Waals surface area contributed by atoms with Gasteiger partial charge in [0.25, 0.3) is 0 Å². The zero-order valence-corrected chi connectivity index (χ0v) is 12.9. The van der Waals surface area contributed by atoms with E-state index in [4.69, 9.17) is 5.11 Å². The normalized spacial score (nSPS) is 14.1. The first-order chi connectivity index (χ1) is 8.87. The topological polar surface area (TPSA) is 49.3 Å². The van der Waals surface area contributed by atoms with Gasteiger partial charge in [-0.1, -0.05) is 29.3 Å². The highest BCUT2D eigenvalue weighted by Gasteiger charge is 2.30. The summed E-state index contributed by atoms with van der Waals surface area (Å²) in [5.41, 5.74) is 3.04. The molecular weight excluding hydrogens is 258 g/mol. The molecule has 0 spiro atoms. The number of carboxylic acid groups (broad SMARTS) is 1. The predicted octanol–water partition coefficient (Wildman–Crippen LogP) is 2.99. The zero-order chi connectivity index (χ0) is 14.5. The third-order valence-corrected chi connectivity index (χ3v) is 4.35. The minimum atomic E-state index is -0.824. The zero-order valence-electron chi connectivity index (χ0n) is 12.1. The number of benzene rings is 1. The number of likely N-dealkylation sites (N-methyl/N-ethyl adjacent to an activating group) is 1. The second-order valence-corrected chi connectivity index (χ2v) is 6.29. The number of aliphatic carboxylic acids is 1. The maximum atomic E-state index is 11.1. The number of carbonyl (C=O) groups is 1. The standard InChI is InChI=1S/C15H23NO2S/c1-11-7-12(2)9-13(8-11)10-19-6-5-15(3,16-4)14(17)18/h7-9,16H,5-6,10H2,1-4H3,(H,17,18). The SMILES string of the molecule is CNC(C)(CCSCc1cc(C)cc(C)c1)C(=O)O. The van der Waals surface area contributed by atoms with E-state index in [1.54, 1.807) is 25.7 Å². The molecule has 3 nitrogen and oxygen atoms in total. The molecule has 0 fully saturated rings. The molecule has 2 N–H and O–H groups in total. The van der Waals surface area contributed by atoms with E-state index in [9.17, 15) is 4.79 Å². The van der Waals surface area contributed by atoms with Crippen molar-refractivity contribution in [2.24, 2.45) is 0 Å². The fraction of sp³-hybridized carbons (Fsp3) is 0.533. The van der Waals surface area contributed by atoms with Crippen molar-refractivity contribution in [2.45, 2.75) is 38.5 Å². The van der Waals surface area contributed by atoms with E-state index in [1.165, 1.54) is 16.7 Å². The summed E-state index contributed by atoms with van der Waals surface area (Å²) >= 11 is 1.78. The molecule has 0 bridgehead atoms. The molecule has 0 aromatic heterocycles. The molecule has 19 heavy (non-hydrogen) atoms. The molecular formula is C15H23NO2S. The van der Waals surface area contributed by atoms with Crippen molar-refractivity contribution < 1.29 is 9.90 Å². The lowest BCUT2D eigenvalue weighted by Gasteiger charge is -2.23. The highest BCUT2D eigenvalue weighted by Crippen LogP contribution is 2.19. The van der Waals surface area contributed by atoms with Crippen molar-refractivity contribution in [1.82, 2.24) is 5.32 Å². The molecule has 106 valence electrons. The summed E-state index contributed by atoms with van der Waals surface area (Å²) in [5, 5.41) is 12.0. The monoisotopic (exact) mass is 281 g/mol. The maximum absolute atomic E-state index is 11.1. The van der Waals surface area contributed by atoms with E-state index >= 15 is 0 Å². The first kappa shape index (κ1) is 16.1. The summed E-state index contributed by atoms with van der Waals surface area (Å²) in [5.74, 6) is 0.973. The van der Waals surface area contributed by atoms with Crippen molar-refractivity contribution in [3.8, 4) is 0 Å². The Balaban J connectivity index is 2.44. The lowest BCUT2D eigenvalue weighted by molar-refractivity contribution is -0.144. The van der Waals surface area contributed by atoms with Gasteiger partial charge >= 0.3 is 5.97 Å². The fourth-order valence-electron chi connectivity index (χ4n) is 1.96. The van der Waals surface area contributed by atoms with E-state index in [0.717, 1.165) is 11.5 Å². The molecule has 1 rings (SSSR count). The van der Waals surface area contributed by atoms with Gasteiger partial charge in [-0.15, -0.1) is 0 Å². The number of rotatable bonds is 7. The van der Waals surface area contributed by atoms with Gasteiger partial charge in [0.1, 0.15) is 5.54 Å². The van der Waals surface area contributed by atoms with Crippen molar-refractivity contribution in [3.05, 3.63) is 34.9 Å². The Morgan fingerprint density at radius 2 is 1.89 bits per heavy atom. The highest BCUT2D eigenvalue weighted by molar-refractivity contribution is 7.98. The van der Waals surface area contributed by atoms with Crippen LogP contribution in [0.1, 0.15) is 30.0 Å². The van der Waals surface area contributed by atoms with E-state index in [0.29, 0.717) is 6.42 Å². The lowest BCUT2D eigenvalue weighted by atomic mass is 10.00. The number of hydrogen-bond donors (Lipinski definition) is 2. The molecule has 1 atom stereocenters. The summed E-state index contributed by atoms with van der Waals surface area (Å²) in [6.07, 6.45) is 0.619. The quantitative estimate of drug-likeness (QED) is 0.754. The van der Waals surface area contributed by atoms with E-state index in [1.807, 2.05) is 0 Å². The minimum absolute atomic E-state index is 0.619. The van der Waals surface area contributed by atoms with Crippen molar-refractivity contribution in [2.75, 3.05) is 12.8 Å². The van der Waals surface area contributed by atoms with Crippen LogP contribution in [0.5, 0.6) is 0 Å². The Morgan fingerprint density at radius 3 is 2.37 bits per heavy atom. The summed E-state index contributed by atoms with van der Waals surface area (Å²) < 4.78 is 0. The van der Waals surface area contributed by atoms with Gasteiger partial charge in [-0.25, -0.2) is 0 Å². The average Bonchev–Trinajstić information content (AvgIpc) is 2.33. The average molecular weight is 281 g/mol.